The maximum atomic E-state index is 15.1. The molecule has 5 saturated carbocycles. The van der Waals surface area contributed by atoms with E-state index in [4.69, 9.17) is 0 Å². The number of piperidine rings is 1. The summed E-state index contributed by atoms with van der Waals surface area (Å²) in [5.41, 5.74) is -1.10. The van der Waals surface area contributed by atoms with E-state index in [2.05, 4.69) is 20.8 Å². The van der Waals surface area contributed by atoms with Crippen molar-refractivity contribution in [3.8, 4) is 0 Å². The summed E-state index contributed by atoms with van der Waals surface area (Å²) in [5, 5.41) is 0. The van der Waals surface area contributed by atoms with E-state index in [1.807, 2.05) is 0 Å². The average Bonchev–Trinajstić information content (AvgIpc) is 4.04. The Bertz CT molecular complexity index is 1530. The standard InChI is InChI=1S/C44H69NO7S/c1-41(2,3)53(51,52)28-44(21-11-8-12-22-44)26-32(46)25-33(43(6)19-9-7-10-20-43)40(50)45-27-34-37(42(34,4)5)38(45)35(47)24-31(18-17-29-13-14-29)39(49)36(48)23-30-15-16-30/h29-31,33-34,37-38H,7-28H2,1-6H3/t31-,33-,34+,37?,38-/m1/s1. The Morgan fingerprint density at radius 1 is 0.792 bits per heavy atom. The SMILES string of the molecule is CC1([C@H](CC(=O)CC2(CS(=O)(=O)C(C)(C)C)CCCCC2)C(=O)N2C[C@H]3C([C@H]2C(=O)C[C@@H](CCC2CC2)C(=O)C(=O)CC2CC2)C3(C)C)CCCCC1. The van der Waals surface area contributed by atoms with Crippen LogP contribution in [0.4, 0.5) is 0 Å². The molecule has 0 spiro atoms. The molecule has 6 aliphatic rings. The van der Waals surface area contributed by atoms with E-state index < -0.39 is 49.1 Å². The third-order valence-corrected chi connectivity index (χ3v) is 18.0. The van der Waals surface area contributed by atoms with Crippen molar-refractivity contribution < 1.29 is 32.4 Å². The van der Waals surface area contributed by atoms with Crippen LogP contribution in [0, 0.1) is 51.8 Å². The Hall–Kier alpha value is -1.90. The predicted octanol–water partition coefficient (Wildman–Crippen LogP) is 8.27. The number of nitrogens with zero attached hydrogens (tertiary/aromatic N) is 1. The quantitative estimate of drug-likeness (QED) is 0.129. The van der Waals surface area contributed by atoms with Gasteiger partial charge in [-0.3, -0.25) is 24.0 Å². The van der Waals surface area contributed by atoms with Crippen molar-refractivity contribution in [3.63, 3.8) is 0 Å². The predicted molar refractivity (Wildman–Crippen MR) is 207 cm³/mol. The van der Waals surface area contributed by atoms with E-state index >= 15 is 4.79 Å². The van der Waals surface area contributed by atoms with Gasteiger partial charge < -0.3 is 4.90 Å². The molecule has 1 heterocycles. The van der Waals surface area contributed by atoms with Crippen LogP contribution in [0.15, 0.2) is 0 Å². The summed E-state index contributed by atoms with van der Waals surface area (Å²) < 4.78 is 26.2. The van der Waals surface area contributed by atoms with Gasteiger partial charge in [0.05, 0.1) is 22.5 Å². The molecular weight excluding hydrogens is 687 g/mol. The summed E-state index contributed by atoms with van der Waals surface area (Å²) in [6, 6.07) is -0.649. The van der Waals surface area contributed by atoms with Crippen molar-refractivity contribution in [1.29, 1.82) is 0 Å². The summed E-state index contributed by atoms with van der Waals surface area (Å²) >= 11 is 0. The number of ketones is 4. The Balaban J connectivity index is 1.23. The number of sulfone groups is 1. The second kappa shape index (κ2) is 15.2. The highest BCUT2D eigenvalue weighted by Crippen LogP contribution is 2.65. The van der Waals surface area contributed by atoms with Gasteiger partial charge in [-0.05, 0) is 112 Å². The van der Waals surface area contributed by atoms with E-state index in [0.29, 0.717) is 37.6 Å². The summed E-state index contributed by atoms with van der Waals surface area (Å²) in [6.07, 6.45) is 15.2. The molecule has 1 aliphatic heterocycles. The van der Waals surface area contributed by atoms with Crippen molar-refractivity contribution >= 4 is 38.9 Å². The van der Waals surface area contributed by atoms with E-state index in [1.54, 1.807) is 25.7 Å². The molecule has 53 heavy (non-hydrogen) atoms. The van der Waals surface area contributed by atoms with Gasteiger partial charge in [0.1, 0.15) is 5.78 Å². The van der Waals surface area contributed by atoms with Crippen LogP contribution in [0.3, 0.4) is 0 Å². The number of Topliss-reactive ketones (excluding diaryl/α,β-unsaturated/α-hetero) is 4. The lowest BCUT2D eigenvalue weighted by molar-refractivity contribution is -0.150. The maximum absolute atomic E-state index is 15.1. The molecule has 6 rings (SSSR count). The Morgan fingerprint density at radius 3 is 1.94 bits per heavy atom. The van der Waals surface area contributed by atoms with E-state index in [0.717, 1.165) is 83.5 Å². The van der Waals surface area contributed by atoms with Crippen LogP contribution >= 0.6 is 0 Å². The summed E-state index contributed by atoms with van der Waals surface area (Å²) in [4.78, 5) is 72.4. The molecular formula is C44H69NO7S. The van der Waals surface area contributed by atoms with Crippen LogP contribution in [-0.4, -0.2) is 65.4 Å². The third-order valence-electron chi connectivity index (χ3n) is 15.2. The largest absolute Gasteiger partial charge is 0.332 e. The Morgan fingerprint density at radius 2 is 1.38 bits per heavy atom. The van der Waals surface area contributed by atoms with Crippen molar-refractivity contribution in [3.05, 3.63) is 0 Å². The first-order valence-corrected chi connectivity index (χ1v) is 23.1. The first-order valence-electron chi connectivity index (χ1n) is 21.4. The molecule has 1 amide bonds. The van der Waals surface area contributed by atoms with Gasteiger partial charge in [-0.25, -0.2) is 8.42 Å². The molecule has 298 valence electrons. The number of rotatable bonds is 18. The highest BCUT2D eigenvalue weighted by atomic mass is 32.2. The molecule has 5 aliphatic carbocycles. The molecule has 0 aromatic heterocycles. The minimum absolute atomic E-state index is 0.00133. The Labute approximate surface area is 320 Å². The molecule has 9 heteroatoms. The number of hydrogen-bond donors (Lipinski definition) is 0. The van der Waals surface area contributed by atoms with Gasteiger partial charge in [0, 0.05) is 38.1 Å². The molecule has 1 saturated heterocycles. The summed E-state index contributed by atoms with van der Waals surface area (Å²) in [6.45, 7) is 12.2. The van der Waals surface area contributed by atoms with E-state index in [-0.39, 0.29) is 71.9 Å². The Kier molecular flexibility index (Phi) is 11.7. The molecule has 0 radical (unpaired) electrons. The molecule has 0 N–H and O–H groups in total. The zero-order valence-corrected chi connectivity index (χ0v) is 34.6. The van der Waals surface area contributed by atoms with Crippen LogP contribution in [0.1, 0.15) is 170 Å². The van der Waals surface area contributed by atoms with Gasteiger partial charge in [0.15, 0.2) is 21.4 Å². The monoisotopic (exact) mass is 755 g/mol. The van der Waals surface area contributed by atoms with Crippen molar-refractivity contribution in [2.45, 2.75) is 181 Å². The first-order chi connectivity index (χ1) is 24.8. The minimum atomic E-state index is -3.46. The first kappa shape index (κ1) is 40.8. The van der Waals surface area contributed by atoms with Crippen molar-refractivity contribution in [1.82, 2.24) is 4.90 Å². The number of likely N-dealkylation sites (tertiary alicyclic amines) is 1. The third kappa shape index (κ3) is 9.06. The van der Waals surface area contributed by atoms with Crippen LogP contribution in [0.5, 0.6) is 0 Å². The maximum Gasteiger partial charge on any atom is 0.227 e. The molecule has 6 fully saturated rings. The van der Waals surface area contributed by atoms with Crippen molar-refractivity contribution in [2.75, 3.05) is 12.3 Å². The molecule has 0 aromatic carbocycles. The van der Waals surface area contributed by atoms with Crippen LogP contribution in [-0.2, 0) is 33.8 Å². The second-order valence-electron chi connectivity index (χ2n) is 20.8. The van der Waals surface area contributed by atoms with E-state index in [1.165, 1.54) is 0 Å². The number of hydrogen-bond acceptors (Lipinski definition) is 7. The summed E-state index contributed by atoms with van der Waals surface area (Å²) in [5.74, 6) is -1.13. The van der Waals surface area contributed by atoms with Crippen LogP contribution in [0.2, 0.25) is 0 Å². The number of amides is 1. The van der Waals surface area contributed by atoms with Gasteiger partial charge in [-0.15, -0.1) is 0 Å². The number of carbonyl (C=O) groups is 5. The minimum Gasteiger partial charge on any atom is -0.332 e. The summed E-state index contributed by atoms with van der Waals surface area (Å²) in [7, 11) is -3.46. The molecule has 8 nitrogen and oxygen atoms in total. The molecule has 0 aromatic rings. The fraction of sp³-hybridized carbons (Fsp3) is 0.886. The average molecular weight is 756 g/mol. The fourth-order valence-electron chi connectivity index (χ4n) is 10.9. The lowest BCUT2D eigenvalue weighted by Crippen LogP contribution is -2.52. The lowest BCUT2D eigenvalue weighted by Gasteiger charge is -2.44. The molecule has 0 bridgehead atoms. The van der Waals surface area contributed by atoms with Gasteiger partial charge >= 0.3 is 0 Å². The normalized spacial score (nSPS) is 28.8. The second-order valence-corrected chi connectivity index (χ2v) is 23.6. The topological polar surface area (TPSA) is 123 Å². The van der Waals surface area contributed by atoms with Gasteiger partial charge in [-0.1, -0.05) is 72.1 Å². The van der Waals surface area contributed by atoms with Crippen molar-refractivity contribution in [2.24, 2.45) is 51.8 Å². The zero-order valence-electron chi connectivity index (χ0n) is 33.8. The number of fused-ring (bicyclic) bond motifs is 1. The smallest absolute Gasteiger partial charge is 0.227 e. The number of carbonyl (C=O) groups excluding carboxylic acids is 5. The van der Waals surface area contributed by atoms with Gasteiger partial charge in [0.2, 0.25) is 11.7 Å². The van der Waals surface area contributed by atoms with Gasteiger partial charge in [-0.2, -0.15) is 0 Å². The lowest BCUT2D eigenvalue weighted by atomic mass is 9.64. The molecule has 1 unspecified atom stereocenters. The van der Waals surface area contributed by atoms with Gasteiger partial charge in [0.25, 0.3) is 0 Å². The molecule has 5 atom stereocenters. The van der Waals surface area contributed by atoms with E-state index in [9.17, 15) is 27.6 Å². The highest BCUT2D eigenvalue weighted by Gasteiger charge is 2.69. The van der Waals surface area contributed by atoms with Crippen LogP contribution < -0.4 is 0 Å². The van der Waals surface area contributed by atoms with Crippen LogP contribution in [0.25, 0.3) is 0 Å². The zero-order chi connectivity index (χ0) is 38.6. The fourth-order valence-corrected chi connectivity index (χ4v) is 12.5. The highest BCUT2D eigenvalue weighted by molar-refractivity contribution is 7.92.